The highest BCUT2D eigenvalue weighted by atomic mass is 32.2. The fraction of sp³-hybridized carbons (Fsp3) is 0.682. The van der Waals surface area contributed by atoms with E-state index < -0.39 is 0 Å². The third kappa shape index (κ3) is 4.60. The Labute approximate surface area is 186 Å². The van der Waals surface area contributed by atoms with Crippen LogP contribution in [0.15, 0.2) is 9.95 Å². The van der Waals surface area contributed by atoms with Crippen molar-refractivity contribution < 1.29 is 9.53 Å². The Hall–Kier alpha value is -1.38. The van der Waals surface area contributed by atoms with Gasteiger partial charge in [-0.05, 0) is 43.1 Å². The quantitative estimate of drug-likeness (QED) is 0.498. The molecule has 0 aromatic carbocycles. The van der Waals surface area contributed by atoms with E-state index >= 15 is 0 Å². The van der Waals surface area contributed by atoms with Crippen molar-refractivity contribution in [2.24, 2.45) is 11.8 Å². The van der Waals surface area contributed by atoms with Crippen molar-refractivity contribution in [1.82, 2.24) is 14.5 Å². The minimum Gasteiger partial charge on any atom is -0.378 e. The maximum absolute atomic E-state index is 13.5. The Morgan fingerprint density at radius 2 is 2.10 bits per heavy atom. The number of ether oxygens (including phenoxy) is 1. The Morgan fingerprint density at radius 3 is 2.83 bits per heavy atom. The van der Waals surface area contributed by atoms with Crippen LogP contribution >= 0.6 is 23.1 Å². The molecule has 1 fully saturated rings. The average molecular weight is 450 g/mol. The zero-order valence-electron chi connectivity index (χ0n) is 18.1. The Morgan fingerprint density at radius 1 is 1.33 bits per heavy atom. The van der Waals surface area contributed by atoms with Crippen LogP contribution in [0.5, 0.6) is 0 Å². The lowest BCUT2D eigenvalue weighted by molar-refractivity contribution is -0.132. The van der Waals surface area contributed by atoms with Gasteiger partial charge in [-0.25, -0.2) is 4.98 Å². The van der Waals surface area contributed by atoms with E-state index in [1.807, 2.05) is 9.47 Å². The second-order valence-corrected chi connectivity index (χ2v) is 10.9. The van der Waals surface area contributed by atoms with Gasteiger partial charge in [0.05, 0.1) is 24.4 Å². The third-order valence-corrected chi connectivity index (χ3v) is 8.11. The minimum absolute atomic E-state index is 0.0778. The molecular weight excluding hydrogens is 418 g/mol. The number of rotatable bonds is 6. The number of thiophene rings is 1. The molecule has 2 aliphatic rings. The molecule has 164 valence electrons. The van der Waals surface area contributed by atoms with Gasteiger partial charge >= 0.3 is 0 Å². The molecule has 0 unspecified atom stereocenters. The van der Waals surface area contributed by atoms with Crippen molar-refractivity contribution in [3.8, 4) is 0 Å². The van der Waals surface area contributed by atoms with Crippen LogP contribution in [0.4, 0.5) is 0 Å². The Kier molecular flexibility index (Phi) is 6.85. The van der Waals surface area contributed by atoms with E-state index in [-0.39, 0.29) is 11.5 Å². The first-order chi connectivity index (χ1) is 14.4. The summed E-state index contributed by atoms with van der Waals surface area (Å²) in [5, 5.41) is 1.51. The van der Waals surface area contributed by atoms with Crippen molar-refractivity contribution in [3.05, 3.63) is 20.8 Å². The van der Waals surface area contributed by atoms with E-state index in [1.165, 1.54) is 22.2 Å². The van der Waals surface area contributed by atoms with Gasteiger partial charge in [0.1, 0.15) is 4.83 Å². The molecule has 0 radical (unpaired) electrons. The van der Waals surface area contributed by atoms with E-state index in [2.05, 4.69) is 20.8 Å². The first kappa shape index (κ1) is 21.8. The van der Waals surface area contributed by atoms with Crippen molar-refractivity contribution in [2.75, 3.05) is 32.1 Å². The number of aryl methyl sites for hydroxylation is 1. The van der Waals surface area contributed by atoms with Gasteiger partial charge in [-0.1, -0.05) is 32.5 Å². The second kappa shape index (κ2) is 9.40. The fourth-order valence-electron chi connectivity index (χ4n) is 4.13. The van der Waals surface area contributed by atoms with Crippen molar-refractivity contribution in [2.45, 2.75) is 58.2 Å². The van der Waals surface area contributed by atoms with Gasteiger partial charge in [0.2, 0.25) is 5.91 Å². The molecule has 1 saturated heterocycles. The Bertz CT molecular complexity index is 976. The molecule has 0 saturated carbocycles. The number of carbonyl (C=O) groups excluding carboxylic acids is 1. The first-order valence-corrected chi connectivity index (χ1v) is 12.8. The van der Waals surface area contributed by atoms with E-state index in [1.54, 1.807) is 11.3 Å². The summed E-state index contributed by atoms with van der Waals surface area (Å²) >= 11 is 3.08. The lowest BCUT2D eigenvalue weighted by Crippen LogP contribution is -2.41. The fourth-order valence-corrected chi connectivity index (χ4v) is 6.48. The molecule has 3 heterocycles. The molecule has 1 atom stereocenters. The molecular formula is C22H31N3O3S2. The van der Waals surface area contributed by atoms with Gasteiger partial charge in [0.25, 0.3) is 5.56 Å². The molecule has 8 heteroatoms. The van der Waals surface area contributed by atoms with Crippen LogP contribution in [0, 0.1) is 11.8 Å². The van der Waals surface area contributed by atoms with Crippen LogP contribution in [0.3, 0.4) is 0 Å². The maximum atomic E-state index is 13.5. The van der Waals surface area contributed by atoms with E-state index in [9.17, 15) is 9.59 Å². The van der Waals surface area contributed by atoms with Gasteiger partial charge < -0.3 is 9.64 Å². The number of carbonyl (C=O) groups is 1. The molecule has 1 aliphatic heterocycles. The van der Waals surface area contributed by atoms with Gasteiger partial charge in [0, 0.05) is 24.5 Å². The zero-order valence-corrected chi connectivity index (χ0v) is 19.7. The summed E-state index contributed by atoms with van der Waals surface area (Å²) in [5.74, 6) is 1.56. The topological polar surface area (TPSA) is 64.4 Å². The van der Waals surface area contributed by atoms with Crippen molar-refractivity contribution >= 4 is 39.2 Å². The molecule has 30 heavy (non-hydrogen) atoms. The van der Waals surface area contributed by atoms with Gasteiger partial charge in [-0.3, -0.25) is 14.2 Å². The molecule has 0 bridgehead atoms. The number of thioether (sulfide) groups is 1. The minimum atomic E-state index is 0.0778. The van der Waals surface area contributed by atoms with Crippen molar-refractivity contribution in [3.63, 3.8) is 0 Å². The summed E-state index contributed by atoms with van der Waals surface area (Å²) in [6.07, 6.45) is 4.07. The molecule has 1 amide bonds. The number of hydrogen-bond donors (Lipinski definition) is 0. The third-order valence-electron chi connectivity index (χ3n) is 6.00. The second-order valence-electron chi connectivity index (χ2n) is 8.85. The molecule has 4 rings (SSSR count). The molecule has 0 spiro atoms. The number of nitrogens with zero attached hydrogens (tertiary/aromatic N) is 3. The first-order valence-electron chi connectivity index (χ1n) is 11.0. The highest BCUT2D eigenvalue weighted by Crippen LogP contribution is 2.36. The maximum Gasteiger partial charge on any atom is 0.263 e. The van der Waals surface area contributed by atoms with Gasteiger partial charge in [-0.15, -0.1) is 11.3 Å². The van der Waals surface area contributed by atoms with Crippen LogP contribution in [-0.4, -0.2) is 52.4 Å². The summed E-state index contributed by atoms with van der Waals surface area (Å²) in [7, 11) is 0. The number of fused-ring (bicyclic) bond motifs is 3. The SMILES string of the molecule is CC(C)CCn1c(SCC(=O)N2CCOCC2)nc2sc3c(c2c1=O)CC[C@@H](C)C3. The lowest BCUT2D eigenvalue weighted by atomic mass is 9.89. The normalized spacial score (nSPS) is 19.5. The van der Waals surface area contributed by atoms with Crippen LogP contribution in [0.25, 0.3) is 10.2 Å². The monoisotopic (exact) mass is 449 g/mol. The van der Waals surface area contributed by atoms with E-state index in [4.69, 9.17) is 9.72 Å². The Balaban J connectivity index is 1.65. The number of amides is 1. The highest BCUT2D eigenvalue weighted by molar-refractivity contribution is 7.99. The predicted molar refractivity (Wildman–Crippen MR) is 123 cm³/mol. The van der Waals surface area contributed by atoms with Crippen LogP contribution in [-0.2, 0) is 28.9 Å². The standard InChI is InChI=1S/C22H31N3O3S2/c1-14(2)6-7-25-21(27)19-16-5-4-15(3)12-17(16)30-20(19)23-22(25)29-13-18(26)24-8-10-28-11-9-24/h14-15H,4-13H2,1-3H3/t15-/m1/s1. The molecule has 2 aromatic rings. The summed E-state index contributed by atoms with van der Waals surface area (Å²) in [4.78, 5) is 35.1. The average Bonchev–Trinajstić information content (AvgIpc) is 3.09. The van der Waals surface area contributed by atoms with Crippen LogP contribution < -0.4 is 5.56 Å². The van der Waals surface area contributed by atoms with Crippen molar-refractivity contribution in [1.29, 1.82) is 0 Å². The summed E-state index contributed by atoms with van der Waals surface area (Å²) < 4.78 is 7.16. The highest BCUT2D eigenvalue weighted by Gasteiger charge is 2.25. The molecule has 1 aliphatic carbocycles. The summed E-state index contributed by atoms with van der Waals surface area (Å²) in [6, 6.07) is 0. The van der Waals surface area contributed by atoms with Gasteiger partial charge in [0.15, 0.2) is 5.16 Å². The molecule has 6 nitrogen and oxygen atoms in total. The van der Waals surface area contributed by atoms with Gasteiger partial charge in [-0.2, -0.15) is 0 Å². The number of aromatic nitrogens is 2. The lowest BCUT2D eigenvalue weighted by Gasteiger charge is -2.26. The van der Waals surface area contributed by atoms with E-state index in [0.717, 1.165) is 35.9 Å². The number of morpholine rings is 1. The zero-order chi connectivity index (χ0) is 21.3. The van der Waals surface area contributed by atoms with E-state index in [0.29, 0.717) is 55.6 Å². The number of hydrogen-bond acceptors (Lipinski definition) is 6. The largest absolute Gasteiger partial charge is 0.378 e. The summed E-state index contributed by atoms with van der Waals surface area (Å²) in [5.41, 5.74) is 1.30. The molecule has 0 N–H and O–H groups in total. The van der Waals surface area contributed by atoms with Crippen LogP contribution in [0.2, 0.25) is 0 Å². The smallest absolute Gasteiger partial charge is 0.263 e. The van der Waals surface area contributed by atoms with Crippen LogP contribution in [0.1, 0.15) is 44.1 Å². The molecule has 2 aromatic heterocycles. The summed E-state index contributed by atoms with van der Waals surface area (Å²) in [6.45, 7) is 9.73. The predicted octanol–water partition coefficient (Wildman–Crippen LogP) is 3.58.